The second kappa shape index (κ2) is 9.98. The molecule has 0 radical (unpaired) electrons. The highest BCUT2D eigenvalue weighted by Gasteiger charge is 2.35. The third-order valence-electron chi connectivity index (χ3n) is 8.22. The van der Waals surface area contributed by atoms with Crippen molar-refractivity contribution >= 4 is 33.2 Å². The molecule has 5 rings (SSSR count). The normalized spacial score (nSPS) is 19.4. The van der Waals surface area contributed by atoms with Crippen molar-refractivity contribution in [1.82, 2.24) is 4.31 Å². The number of aryl methyl sites for hydroxylation is 2. The van der Waals surface area contributed by atoms with Crippen molar-refractivity contribution in [2.45, 2.75) is 63.7 Å². The topological polar surface area (TPSA) is 86.8 Å². The average Bonchev–Trinajstić information content (AvgIpc) is 2.85. The summed E-state index contributed by atoms with van der Waals surface area (Å²) in [5.74, 6) is 0.0309. The molecular formula is C28H35N3O4S. The molecular weight excluding hydrogens is 474 g/mol. The Labute approximate surface area is 213 Å². The van der Waals surface area contributed by atoms with Gasteiger partial charge in [0, 0.05) is 42.8 Å². The number of hydrogen-bond donors (Lipinski definition) is 1. The van der Waals surface area contributed by atoms with E-state index in [-0.39, 0.29) is 28.5 Å². The van der Waals surface area contributed by atoms with Gasteiger partial charge in [-0.2, -0.15) is 4.31 Å². The molecule has 3 aliphatic rings. The minimum atomic E-state index is -3.67. The van der Waals surface area contributed by atoms with Crippen molar-refractivity contribution in [2.24, 2.45) is 11.8 Å². The fraction of sp³-hybridized carbons (Fsp3) is 0.500. The maximum absolute atomic E-state index is 13.4. The van der Waals surface area contributed by atoms with Gasteiger partial charge in [0.1, 0.15) is 0 Å². The lowest BCUT2D eigenvalue weighted by atomic mass is 9.83. The van der Waals surface area contributed by atoms with Crippen LogP contribution in [0, 0.1) is 25.7 Å². The molecule has 0 bridgehead atoms. The fourth-order valence-electron chi connectivity index (χ4n) is 5.47. The number of fused-ring (bicyclic) bond motifs is 1. The van der Waals surface area contributed by atoms with Crippen LogP contribution < -0.4 is 10.2 Å². The van der Waals surface area contributed by atoms with E-state index >= 15 is 0 Å². The molecule has 1 aliphatic carbocycles. The summed E-state index contributed by atoms with van der Waals surface area (Å²) in [5.41, 5.74) is 4.77. The number of piperidine rings is 1. The monoisotopic (exact) mass is 509 g/mol. The van der Waals surface area contributed by atoms with Gasteiger partial charge >= 0.3 is 0 Å². The van der Waals surface area contributed by atoms with Crippen molar-refractivity contribution in [3.63, 3.8) is 0 Å². The van der Waals surface area contributed by atoms with Crippen LogP contribution in [0.3, 0.4) is 0 Å². The van der Waals surface area contributed by atoms with E-state index in [1.165, 1.54) is 4.31 Å². The zero-order valence-electron chi connectivity index (χ0n) is 21.1. The lowest BCUT2D eigenvalue weighted by Gasteiger charge is -2.35. The lowest BCUT2D eigenvalue weighted by Crippen LogP contribution is -2.42. The van der Waals surface area contributed by atoms with E-state index in [1.54, 1.807) is 12.1 Å². The molecule has 8 heteroatoms. The highest BCUT2D eigenvalue weighted by atomic mass is 32.2. The van der Waals surface area contributed by atoms with Crippen molar-refractivity contribution < 1.29 is 18.0 Å². The molecule has 1 saturated heterocycles. The number of carbonyl (C=O) groups excluding carboxylic acids is 2. The molecule has 0 aromatic heterocycles. The predicted molar refractivity (Wildman–Crippen MR) is 140 cm³/mol. The van der Waals surface area contributed by atoms with E-state index in [9.17, 15) is 18.0 Å². The molecule has 2 aromatic rings. The third kappa shape index (κ3) is 4.68. The Morgan fingerprint density at radius 1 is 0.917 bits per heavy atom. The summed E-state index contributed by atoms with van der Waals surface area (Å²) >= 11 is 0. The first-order chi connectivity index (χ1) is 17.3. The molecule has 0 spiro atoms. The average molecular weight is 510 g/mol. The maximum atomic E-state index is 13.4. The van der Waals surface area contributed by atoms with Crippen LogP contribution in [0.2, 0.25) is 0 Å². The highest BCUT2D eigenvalue weighted by Crippen LogP contribution is 2.36. The molecule has 2 fully saturated rings. The van der Waals surface area contributed by atoms with Crippen LogP contribution in [0.1, 0.15) is 55.2 Å². The molecule has 0 atom stereocenters. The van der Waals surface area contributed by atoms with Gasteiger partial charge in [0.2, 0.25) is 21.8 Å². The number of sulfonamides is 1. The largest absolute Gasteiger partial charge is 0.326 e. The Hall–Kier alpha value is -2.71. The number of amides is 2. The van der Waals surface area contributed by atoms with Gasteiger partial charge in [-0.25, -0.2) is 8.42 Å². The standard InChI is InChI=1S/C28H35N3O4S/c1-19-6-3-10-25(20(19)2)29-27(32)21-13-16-30(17-14-21)36(34,35)24-11-12-26-23(18-24)9-5-15-31(26)28(33)22-7-4-8-22/h3,6,10-12,18,21-22H,4-5,7-9,13-17H2,1-2H3,(H,29,32). The van der Waals surface area contributed by atoms with Crippen molar-refractivity contribution in [1.29, 1.82) is 0 Å². The Balaban J connectivity index is 1.25. The van der Waals surface area contributed by atoms with Gasteiger partial charge < -0.3 is 10.2 Å². The fourth-order valence-corrected chi connectivity index (χ4v) is 6.99. The SMILES string of the molecule is Cc1cccc(NC(=O)C2CCN(S(=O)(=O)c3ccc4c(c3)CCCN4C(=O)C3CCC3)CC2)c1C. The van der Waals surface area contributed by atoms with Crippen molar-refractivity contribution in [3.05, 3.63) is 53.1 Å². The van der Waals surface area contributed by atoms with Crippen LogP contribution in [0.15, 0.2) is 41.3 Å². The van der Waals surface area contributed by atoms with Gasteiger partial charge in [-0.15, -0.1) is 0 Å². The van der Waals surface area contributed by atoms with E-state index in [2.05, 4.69) is 5.32 Å². The number of anilines is 2. The molecule has 2 amide bonds. The van der Waals surface area contributed by atoms with E-state index in [4.69, 9.17) is 0 Å². The maximum Gasteiger partial charge on any atom is 0.243 e. The van der Waals surface area contributed by atoms with Gasteiger partial charge in [-0.3, -0.25) is 9.59 Å². The molecule has 7 nitrogen and oxygen atoms in total. The van der Waals surface area contributed by atoms with E-state index in [0.29, 0.717) is 32.5 Å². The summed E-state index contributed by atoms with van der Waals surface area (Å²) in [6.45, 7) is 5.33. The predicted octanol–water partition coefficient (Wildman–Crippen LogP) is 4.42. The second-order valence-corrected chi connectivity index (χ2v) is 12.4. The van der Waals surface area contributed by atoms with Crippen LogP contribution in [0.4, 0.5) is 11.4 Å². The highest BCUT2D eigenvalue weighted by molar-refractivity contribution is 7.89. The number of nitrogens with zero attached hydrogens (tertiary/aromatic N) is 2. The first-order valence-electron chi connectivity index (χ1n) is 13.1. The van der Waals surface area contributed by atoms with Gasteiger partial charge in [-0.1, -0.05) is 18.6 Å². The molecule has 192 valence electrons. The number of hydrogen-bond acceptors (Lipinski definition) is 4. The minimum Gasteiger partial charge on any atom is -0.326 e. The van der Waals surface area contributed by atoms with Crippen LogP contribution >= 0.6 is 0 Å². The van der Waals surface area contributed by atoms with E-state index in [0.717, 1.165) is 60.2 Å². The molecule has 2 heterocycles. The van der Waals surface area contributed by atoms with Gasteiger partial charge in [-0.05, 0) is 93.3 Å². The Morgan fingerprint density at radius 3 is 2.36 bits per heavy atom. The summed E-state index contributed by atoms with van der Waals surface area (Å²) in [5, 5.41) is 3.03. The first-order valence-corrected chi connectivity index (χ1v) is 14.5. The van der Waals surface area contributed by atoms with E-state index < -0.39 is 10.0 Å². The second-order valence-electron chi connectivity index (χ2n) is 10.4. The zero-order valence-corrected chi connectivity index (χ0v) is 21.9. The van der Waals surface area contributed by atoms with Gasteiger partial charge in [0.15, 0.2) is 0 Å². The summed E-state index contributed by atoms with van der Waals surface area (Å²) in [7, 11) is -3.67. The molecule has 1 saturated carbocycles. The Kier molecular flexibility index (Phi) is 6.92. The van der Waals surface area contributed by atoms with Crippen LogP contribution in [0.5, 0.6) is 0 Å². The number of benzene rings is 2. The van der Waals surface area contributed by atoms with Crippen LogP contribution in [-0.4, -0.2) is 44.2 Å². The first kappa shape index (κ1) is 25.0. The van der Waals surface area contributed by atoms with Crippen LogP contribution in [0.25, 0.3) is 0 Å². The number of carbonyl (C=O) groups is 2. The summed E-state index contributed by atoms with van der Waals surface area (Å²) < 4.78 is 28.4. The summed E-state index contributed by atoms with van der Waals surface area (Å²) in [6, 6.07) is 11.0. The molecule has 2 aliphatic heterocycles. The molecule has 1 N–H and O–H groups in total. The number of nitrogens with one attached hydrogen (secondary N) is 1. The quantitative estimate of drug-likeness (QED) is 0.646. The Bertz CT molecular complexity index is 1280. The van der Waals surface area contributed by atoms with Crippen molar-refractivity contribution in [3.8, 4) is 0 Å². The molecule has 2 aromatic carbocycles. The molecule has 0 unspecified atom stereocenters. The lowest BCUT2D eigenvalue weighted by molar-refractivity contribution is -0.124. The minimum absolute atomic E-state index is 0.0502. The zero-order chi connectivity index (χ0) is 25.4. The smallest absolute Gasteiger partial charge is 0.243 e. The van der Waals surface area contributed by atoms with E-state index in [1.807, 2.05) is 43.0 Å². The van der Waals surface area contributed by atoms with Crippen LogP contribution in [-0.2, 0) is 26.0 Å². The summed E-state index contributed by atoms with van der Waals surface area (Å²) in [4.78, 5) is 27.9. The van der Waals surface area contributed by atoms with Gasteiger partial charge in [0.25, 0.3) is 0 Å². The molecule has 36 heavy (non-hydrogen) atoms. The van der Waals surface area contributed by atoms with Crippen molar-refractivity contribution in [2.75, 3.05) is 29.9 Å². The third-order valence-corrected chi connectivity index (χ3v) is 10.1. The van der Waals surface area contributed by atoms with Gasteiger partial charge in [0.05, 0.1) is 4.90 Å². The number of rotatable bonds is 5. The summed E-state index contributed by atoms with van der Waals surface area (Å²) in [6.07, 6.45) is 5.61. The Morgan fingerprint density at radius 2 is 1.67 bits per heavy atom.